The highest BCUT2D eigenvalue weighted by molar-refractivity contribution is 5.99. The van der Waals surface area contributed by atoms with Crippen molar-refractivity contribution in [1.82, 2.24) is 19.4 Å². The van der Waals surface area contributed by atoms with Crippen LogP contribution in [0.4, 0.5) is 35.3 Å². The summed E-state index contributed by atoms with van der Waals surface area (Å²) in [5.41, 5.74) is -0.623. The predicted molar refractivity (Wildman–Crippen MR) is 124 cm³/mol. The zero-order chi connectivity index (χ0) is 25.0. The molecular formula is C23H24F3N7O2. The Kier molecular flexibility index (Phi) is 6.90. The Bertz CT molecular complexity index is 1170. The summed E-state index contributed by atoms with van der Waals surface area (Å²) in [5, 5.41) is 4.98. The fourth-order valence-corrected chi connectivity index (χ4v) is 3.73. The number of hydrogen-bond donors (Lipinski definition) is 2. The van der Waals surface area contributed by atoms with E-state index < -0.39 is 17.8 Å². The van der Waals surface area contributed by atoms with Gasteiger partial charge in [0.05, 0.1) is 5.56 Å². The molecule has 1 fully saturated rings. The summed E-state index contributed by atoms with van der Waals surface area (Å²) in [7, 11) is 0. The van der Waals surface area contributed by atoms with Crippen LogP contribution < -0.4 is 15.5 Å². The number of pyridine rings is 1. The van der Waals surface area contributed by atoms with Gasteiger partial charge in [0, 0.05) is 50.8 Å². The quantitative estimate of drug-likeness (QED) is 0.569. The third-order valence-electron chi connectivity index (χ3n) is 5.56. The van der Waals surface area contributed by atoms with Crippen molar-refractivity contribution in [3.8, 4) is 0 Å². The molecule has 0 bridgehead atoms. The number of piperazine rings is 1. The monoisotopic (exact) mass is 487 g/mol. The number of anilines is 3. The molecule has 35 heavy (non-hydrogen) atoms. The molecule has 4 rings (SSSR count). The Hall–Kier alpha value is -4.09. The van der Waals surface area contributed by atoms with Gasteiger partial charge in [-0.3, -0.25) is 10.1 Å². The number of alkyl halides is 3. The van der Waals surface area contributed by atoms with Crippen LogP contribution in [0.1, 0.15) is 23.1 Å². The zero-order valence-electron chi connectivity index (χ0n) is 18.9. The average molecular weight is 487 g/mol. The molecule has 3 heterocycles. The summed E-state index contributed by atoms with van der Waals surface area (Å²) < 4.78 is 39.7. The molecule has 9 nitrogen and oxygen atoms in total. The van der Waals surface area contributed by atoms with Gasteiger partial charge in [-0.15, -0.1) is 0 Å². The molecule has 2 N–H and O–H groups in total. The third kappa shape index (κ3) is 5.70. The maximum absolute atomic E-state index is 13.1. The van der Waals surface area contributed by atoms with Gasteiger partial charge in [0.15, 0.2) is 5.82 Å². The lowest BCUT2D eigenvalue weighted by Gasteiger charge is -2.35. The molecule has 0 spiro atoms. The molecule has 2 aromatic heterocycles. The average Bonchev–Trinajstić information content (AvgIpc) is 3.26. The van der Waals surface area contributed by atoms with E-state index in [0.29, 0.717) is 32.7 Å². The van der Waals surface area contributed by atoms with Crippen molar-refractivity contribution in [3.05, 3.63) is 66.2 Å². The highest BCUT2D eigenvalue weighted by Crippen LogP contribution is 2.29. The predicted octanol–water partition coefficient (Wildman–Crippen LogP) is 3.92. The first-order chi connectivity index (χ1) is 16.7. The summed E-state index contributed by atoms with van der Waals surface area (Å²) >= 11 is 0. The summed E-state index contributed by atoms with van der Waals surface area (Å²) in [6, 6.07) is 9.09. The summed E-state index contributed by atoms with van der Waals surface area (Å²) in [6.45, 7) is 4.59. The van der Waals surface area contributed by atoms with Gasteiger partial charge in [-0.1, -0.05) is 6.07 Å². The molecule has 1 aromatic carbocycles. The minimum Gasteiger partial charge on any atom is -0.353 e. The number of benzene rings is 1. The number of urea groups is 1. The number of amides is 3. The van der Waals surface area contributed by atoms with Crippen LogP contribution in [0.15, 0.2) is 54.9 Å². The number of aromatic nitrogens is 3. The van der Waals surface area contributed by atoms with E-state index in [2.05, 4.69) is 25.5 Å². The van der Waals surface area contributed by atoms with Crippen LogP contribution in [-0.2, 0) is 12.7 Å². The Morgan fingerprint density at radius 3 is 2.31 bits per heavy atom. The van der Waals surface area contributed by atoms with Crippen LogP contribution in [-0.4, -0.2) is 57.6 Å². The lowest BCUT2D eigenvalue weighted by molar-refractivity contribution is -0.137. The van der Waals surface area contributed by atoms with Gasteiger partial charge >= 0.3 is 12.2 Å². The molecule has 3 amide bonds. The van der Waals surface area contributed by atoms with Crippen molar-refractivity contribution in [2.24, 2.45) is 0 Å². The molecule has 184 valence electrons. The second-order valence-corrected chi connectivity index (χ2v) is 7.86. The van der Waals surface area contributed by atoms with E-state index in [1.54, 1.807) is 21.9 Å². The lowest BCUT2D eigenvalue weighted by Crippen LogP contribution is -2.49. The number of carbonyl (C=O) groups is 2. The van der Waals surface area contributed by atoms with Crippen LogP contribution in [0, 0.1) is 0 Å². The molecule has 0 atom stereocenters. The number of nitrogens with one attached hydrogen (secondary N) is 2. The second-order valence-electron chi connectivity index (χ2n) is 7.86. The molecule has 0 saturated carbocycles. The van der Waals surface area contributed by atoms with E-state index >= 15 is 0 Å². The smallest absolute Gasteiger partial charge is 0.353 e. The molecule has 0 radical (unpaired) electrons. The van der Waals surface area contributed by atoms with Gasteiger partial charge in [0.2, 0.25) is 5.82 Å². The number of rotatable bonds is 5. The lowest BCUT2D eigenvalue weighted by atomic mass is 10.2. The molecule has 0 unspecified atom stereocenters. The highest BCUT2D eigenvalue weighted by atomic mass is 19.4. The largest absolute Gasteiger partial charge is 0.416 e. The Morgan fingerprint density at radius 2 is 1.71 bits per heavy atom. The maximum atomic E-state index is 13.1. The van der Waals surface area contributed by atoms with Crippen LogP contribution in [0.5, 0.6) is 0 Å². The minimum atomic E-state index is -4.46. The SMILES string of the molecule is CCn1cc(NC(=O)Nc2ccc(C(F)(F)F)cc2)nc1C(=O)N1CCN(c2ccccn2)CC1. The number of halogens is 3. The summed E-state index contributed by atoms with van der Waals surface area (Å²) in [6.07, 6.45) is -1.18. The zero-order valence-corrected chi connectivity index (χ0v) is 18.9. The first kappa shape index (κ1) is 24.0. The first-order valence-corrected chi connectivity index (χ1v) is 11.0. The Morgan fingerprint density at radius 1 is 1.00 bits per heavy atom. The van der Waals surface area contributed by atoms with Crippen molar-refractivity contribution < 1.29 is 22.8 Å². The van der Waals surface area contributed by atoms with E-state index in [1.165, 1.54) is 0 Å². The van der Waals surface area contributed by atoms with Gasteiger partial charge in [-0.25, -0.2) is 14.8 Å². The molecule has 0 aliphatic carbocycles. The fraction of sp³-hybridized carbons (Fsp3) is 0.304. The van der Waals surface area contributed by atoms with Crippen molar-refractivity contribution in [2.45, 2.75) is 19.6 Å². The minimum absolute atomic E-state index is 0.159. The van der Waals surface area contributed by atoms with Gasteiger partial charge in [-0.2, -0.15) is 13.2 Å². The highest BCUT2D eigenvalue weighted by Gasteiger charge is 2.30. The van der Waals surface area contributed by atoms with Gasteiger partial charge in [0.25, 0.3) is 5.91 Å². The van der Waals surface area contributed by atoms with E-state index in [1.807, 2.05) is 25.1 Å². The first-order valence-electron chi connectivity index (χ1n) is 11.0. The molecule has 1 saturated heterocycles. The van der Waals surface area contributed by atoms with Crippen LogP contribution in [0.25, 0.3) is 0 Å². The van der Waals surface area contributed by atoms with Crippen molar-refractivity contribution in [2.75, 3.05) is 41.7 Å². The number of imidazole rings is 1. The topological polar surface area (TPSA) is 95.4 Å². The van der Waals surface area contributed by atoms with Gasteiger partial charge in [-0.05, 0) is 43.3 Å². The van der Waals surface area contributed by atoms with Crippen molar-refractivity contribution in [1.29, 1.82) is 0 Å². The van der Waals surface area contributed by atoms with E-state index in [0.717, 1.165) is 30.1 Å². The number of hydrogen-bond acceptors (Lipinski definition) is 5. The molecule has 12 heteroatoms. The Balaban J connectivity index is 1.37. The normalized spacial score (nSPS) is 14.1. The van der Waals surface area contributed by atoms with Crippen LogP contribution >= 0.6 is 0 Å². The van der Waals surface area contributed by atoms with Crippen molar-refractivity contribution in [3.63, 3.8) is 0 Å². The fourth-order valence-electron chi connectivity index (χ4n) is 3.73. The van der Waals surface area contributed by atoms with E-state index in [9.17, 15) is 22.8 Å². The van der Waals surface area contributed by atoms with Crippen LogP contribution in [0.3, 0.4) is 0 Å². The molecule has 1 aliphatic rings. The van der Waals surface area contributed by atoms with E-state index in [4.69, 9.17) is 0 Å². The standard InChI is InChI=1S/C23H24F3N7O2/c1-2-31-15-18(30-22(35)28-17-8-6-16(7-9-17)23(24,25)26)29-20(31)21(34)33-13-11-32(12-14-33)19-5-3-4-10-27-19/h3-10,15H,2,11-14H2,1H3,(H2,28,30,35). The maximum Gasteiger partial charge on any atom is 0.416 e. The Labute approximate surface area is 199 Å². The summed E-state index contributed by atoms with van der Waals surface area (Å²) in [5.74, 6) is 0.972. The number of nitrogens with zero attached hydrogens (tertiary/aromatic N) is 5. The van der Waals surface area contributed by atoms with E-state index in [-0.39, 0.29) is 23.2 Å². The third-order valence-corrected chi connectivity index (χ3v) is 5.56. The van der Waals surface area contributed by atoms with Crippen molar-refractivity contribution >= 4 is 29.3 Å². The van der Waals surface area contributed by atoms with Gasteiger partial charge < -0.3 is 19.7 Å². The van der Waals surface area contributed by atoms with Crippen LogP contribution in [0.2, 0.25) is 0 Å². The number of aryl methyl sites for hydroxylation is 1. The van der Waals surface area contributed by atoms with Gasteiger partial charge in [0.1, 0.15) is 5.82 Å². The summed E-state index contributed by atoms with van der Waals surface area (Å²) in [4.78, 5) is 37.9. The molecular weight excluding hydrogens is 463 g/mol. The number of carbonyl (C=O) groups excluding carboxylic acids is 2. The molecule has 3 aromatic rings. The molecule has 1 aliphatic heterocycles. The second kappa shape index (κ2) is 10.0.